The van der Waals surface area contributed by atoms with Crippen molar-refractivity contribution >= 4 is 48.6 Å². The van der Waals surface area contributed by atoms with Gasteiger partial charge in [-0.2, -0.15) is 0 Å². The second-order valence-corrected chi connectivity index (χ2v) is 6.31. The van der Waals surface area contributed by atoms with Crippen LogP contribution in [-0.2, 0) is 0 Å². The highest BCUT2D eigenvalue weighted by atomic mass is 79.9. The normalized spacial score (nSPS) is 12.6. The Labute approximate surface area is 124 Å². The third-order valence-electron chi connectivity index (χ3n) is 2.76. The number of pyridine rings is 2. The SMILES string of the molecule is CCC(Br)CCNc1ccnc2cc(Br)cnc12. The van der Waals surface area contributed by atoms with Gasteiger partial charge in [-0.15, -0.1) is 0 Å². The van der Waals surface area contributed by atoms with Crippen molar-refractivity contribution in [2.24, 2.45) is 0 Å². The molecule has 18 heavy (non-hydrogen) atoms. The molecule has 0 saturated heterocycles. The number of rotatable bonds is 5. The van der Waals surface area contributed by atoms with Gasteiger partial charge >= 0.3 is 0 Å². The molecule has 5 heteroatoms. The molecule has 0 aliphatic rings. The van der Waals surface area contributed by atoms with Crippen molar-refractivity contribution in [1.82, 2.24) is 9.97 Å². The van der Waals surface area contributed by atoms with Crippen LogP contribution in [0.25, 0.3) is 11.0 Å². The van der Waals surface area contributed by atoms with Crippen LogP contribution in [0.4, 0.5) is 5.69 Å². The zero-order valence-corrected chi connectivity index (χ0v) is 13.3. The van der Waals surface area contributed by atoms with Crippen LogP contribution >= 0.6 is 31.9 Å². The summed E-state index contributed by atoms with van der Waals surface area (Å²) in [5, 5.41) is 3.42. The summed E-state index contributed by atoms with van der Waals surface area (Å²) in [7, 11) is 0. The van der Waals surface area contributed by atoms with Gasteiger partial charge in [0.05, 0.1) is 11.2 Å². The molecule has 96 valence electrons. The van der Waals surface area contributed by atoms with Crippen molar-refractivity contribution in [2.75, 3.05) is 11.9 Å². The molecule has 0 amide bonds. The van der Waals surface area contributed by atoms with Crippen molar-refractivity contribution in [3.8, 4) is 0 Å². The molecule has 2 heterocycles. The van der Waals surface area contributed by atoms with Crippen LogP contribution in [0.15, 0.2) is 29.0 Å². The standard InChI is InChI=1S/C13H15Br2N3/c1-2-9(14)3-5-16-11-4-6-17-12-7-10(15)8-18-13(11)12/h4,6-9H,2-3,5H2,1H3,(H,16,17). The van der Waals surface area contributed by atoms with Gasteiger partial charge in [-0.1, -0.05) is 22.9 Å². The second kappa shape index (κ2) is 6.48. The number of nitrogens with zero attached hydrogens (tertiary/aromatic N) is 2. The van der Waals surface area contributed by atoms with Crippen LogP contribution < -0.4 is 5.32 Å². The quantitative estimate of drug-likeness (QED) is 0.792. The molecule has 0 aliphatic heterocycles. The van der Waals surface area contributed by atoms with E-state index in [-0.39, 0.29) is 0 Å². The molecule has 0 aliphatic carbocycles. The van der Waals surface area contributed by atoms with Crippen molar-refractivity contribution in [3.05, 3.63) is 29.0 Å². The van der Waals surface area contributed by atoms with Gasteiger partial charge in [0, 0.05) is 28.2 Å². The highest BCUT2D eigenvalue weighted by Crippen LogP contribution is 2.22. The summed E-state index contributed by atoms with van der Waals surface area (Å²) in [6.07, 6.45) is 5.85. The first kappa shape index (κ1) is 13.7. The predicted molar refractivity (Wildman–Crippen MR) is 83.4 cm³/mol. The van der Waals surface area contributed by atoms with E-state index < -0.39 is 0 Å². The Kier molecular flexibility index (Phi) is 4.95. The number of anilines is 1. The van der Waals surface area contributed by atoms with Crippen LogP contribution in [-0.4, -0.2) is 21.3 Å². The van der Waals surface area contributed by atoms with E-state index >= 15 is 0 Å². The summed E-state index contributed by atoms with van der Waals surface area (Å²) >= 11 is 7.04. The van der Waals surface area contributed by atoms with Gasteiger partial charge in [0.25, 0.3) is 0 Å². The van der Waals surface area contributed by atoms with Gasteiger partial charge in [0.2, 0.25) is 0 Å². The van der Waals surface area contributed by atoms with Crippen LogP contribution in [0, 0.1) is 0 Å². The lowest BCUT2D eigenvalue weighted by Gasteiger charge is -2.10. The van der Waals surface area contributed by atoms with Crippen LogP contribution in [0.2, 0.25) is 0 Å². The molecular weight excluding hydrogens is 358 g/mol. The zero-order chi connectivity index (χ0) is 13.0. The molecule has 1 N–H and O–H groups in total. The predicted octanol–water partition coefficient (Wildman–Crippen LogP) is 4.37. The topological polar surface area (TPSA) is 37.8 Å². The lowest BCUT2D eigenvalue weighted by Crippen LogP contribution is -2.08. The molecule has 0 aromatic carbocycles. The minimum Gasteiger partial charge on any atom is -0.383 e. The minimum absolute atomic E-state index is 0.570. The monoisotopic (exact) mass is 371 g/mol. The first-order valence-electron chi connectivity index (χ1n) is 5.99. The molecule has 2 aromatic heterocycles. The molecule has 0 bridgehead atoms. The number of alkyl halides is 1. The second-order valence-electron chi connectivity index (χ2n) is 4.10. The molecule has 3 nitrogen and oxygen atoms in total. The lowest BCUT2D eigenvalue weighted by molar-refractivity contribution is 0.775. The average Bonchev–Trinajstić information content (AvgIpc) is 2.38. The van der Waals surface area contributed by atoms with Crippen LogP contribution in [0.1, 0.15) is 19.8 Å². The zero-order valence-electron chi connectivity index (χ0n) is 10.2. The maximum absolute atomic E-state index is 4.42. The Morgan fingerprint density at radius 1 is 1.39 bits per heavy atom. The summed E-state index contributed by atoms with van der Waals surface area (Å²) in [6, 6.07) is 3.95. The fourth-order valence-corrected chi connectivity index (χ4v) is 2.26. The van der Waals surface area contributed by atoms with E-state index in [9.17, 15) is 0 Å². The summed E-state index contributed by atoms with van der Waals surface area (Å²) in [6.45, 7) is 3.11. The van der Waals surface area contributed by atoms with Gasteiger partial charge in [-0.3, -0.25) is 9.97 Å². The first-order chi connectivity index (χ1) is 8.70. The van der Waals surface area contributed by atoms with Gasteiger partial charge in [-0.05, 0) is 40.9 Å². The van der Waals surface area contributed by atoms with Gasteiger partial charge in [0.15, 0.2) is 0 Å². The van der Waals surface area contributed by atoms with Crippen molar-refractivity contribution in [1.29, 1.82) is 0 Å². The van der Waals surface area contributed by atoms with E-state index in [0.717, 1.165) is 40.6 Å². The Hall–Kier alpha value is -0.680. The highest BCUT2D eigenvalue weighted by Gasteiger charge is 2.05. The third kappa shape index (κ3) is 3.42. The van der Waals surface area contributed by atoms with Gasteiger partial charge in [-0.25, -0.2) is 0 Å². The molecule has 0 saturated carbocycles. The maximum atomic E-state index is 4.42. The Morgan fingerprint density at radius 2 is 2.22 bits per heavy atom. The van der Waals surface area contributed by atoms with Crippen molar-refractivity contribution < 1.29 is 0 Å². The molecular formula is C13H15Br2N3. The van der Waals surface area contributed by atoms with E-state index in [0.29, 0.717) is 4.83 Å². The molecule has 1 unspecified atom stereocenters. The Morgan fingerprint density at radius 3 is 3.00 bits per heavy atom. The molecule has 0 fully saturated rings. The average molecular weight is 373 g/mol. The molecule has 0 spiro atoms. The number of hydrogen-bond acceptors (Lipinski definition) is 3. The van der Waals surface area contributed by atoms with E-state index in [4.69, 9.17) is 0 Å². The maximum Gasteiger partial charge on any atom is 0.112 e. The Balaban J connectivity index is 2.13. The van der Waals surface area contributed by atoms with Gasteiger partial charge in [0.1, 0.15) is 5.52 Å². The number of aromatic nitrogens is 2. The van der Waals surface area contributed by atoms with E-state index in [2.05, 4.69) is 54.1 Å². The third-order valence-corrected chi connectivity index (χ3v) is 4.30. The molecule has 2 aromatic rings. The molecule has 1 atom stereocenters. The number of halogens is 2. The number of hydrogen-bond donors (Lipinski definition) is 1. The van der Waals surface area contributed by atoms with E-state index in [1.807, 2.05) is 18.3 Å². The van der Waals surface area contributed by atoms with Crippen molar-refractivity contribution in [2.45, 2.75) is 24.6 Å². The smallest absolute Gasteiger partial charge is 0.112 e. The lowest BCUT2D eigenvalue weighted by atomic mass is 10.2. The Bertz CT molecular complexity index is 531. The van der Waals surface area contributed by atoms with Crippen molar-refractivity contribution in [3.63, 3.8) is 0 Å². The van der Waals surface area contributed by atoms with Crippen LogP contribution in [0.5, 0.6) is 0 Å². The fraction of sp³-hybridized carbons (Fsp3) is 0.385. The fourth-order valence-electron chi connectivity index (χ4n) is 1.72. The largest absolute Gasteiger partial charge is 0.383 e. The summed E-state index contributed by atoms with van der Waals surface area (Å²) in [4.78, 5) is 9.30. The van der Waals surface area contributed by atoms with Crippen LogP contribution in [0.3, 0.4) is 0 Å². The summed E-state index contributed by atoms with van der Waals surface area (Å²) in [5.41, 5.74) is 2.87. The first-order valence-corrected chi connectivity index (χ1v) is 7.69. The summed E-state index contributed by atoms with van der Waals surface area (Å²) in [5.74, 6) is 0. The van der Waals surface area contributed by atoms with Gasteiger partial charge < -0.3 is 5.32 Å². The number of fused-ring (bicyclic) bond motifs is 1. The van der Waals surface area contributed by atoms with E-state index in [1.165, 1.54) is 0 Å². The highest BCUT2D eigenvalue weighted by molar-refractivity contribution is 9.10. The van der Waals surface area contributed by atoms with E-state index in [1.54, 1.807) is 6.20 Å². The molecule has 0 radical (unpaired) electrons. The molecule has 2 rings (SSSR count). The minimum atomic E-state index is 0.570. The summed E-state index contributed by atoms with van der Waals surface area (Å²) < 4.78 is 0.950. The number of nitrogens with one attached hydrogen (secondary N) is 1.